The van der Waals surface area contributed by atoms with Gasteiger partial charge in [-0.15, -0.1) is 5.10 Å². The molecule has 3 rings (SSSR count). The molecule has 0 saturated heterocycles. The number of nitrogens with two attached hydrogens (primary N) is 1. The van der Waals surface area contributed by atoms with Crippen LogP contribution < -0.4 is 10.5 Å². The molecule has 0 aliphatic heterocycles. The average molecular weight is 252 g/mol. The zero-order valence-corrected chi connectivity index (χ0v) is 10.4. The maximum absolute atomic E-state index is 5.93. The third-order valence-corrected chi connectivity index (χ3v) is 2.89. The Balaban J connectivity index is 2.31. The lowest BCUT2D eigenvalue weighted by atomic mass is 10.1. The molecule has 0 amide bonds. The second-order valence-corrected chi connectivity index (χ2v) is 4.07. The molecule has 94 valence electrons. The van der Waals surface area contributed by atoms with Gasteiger partial charge < -0.3 is 10.5 Å². The molecule has 0 aliphatic rings. The Labute approximate surface area is 110 Å². The number of ether oxygens (including phenoxy) is 1. The number of para-hydroxylation sites is 1. The number of nitrogen functional groups attached to an aromatic ring is 1. The van der Waals surface area contributed by atoms with Gasteiger partial charge in [-0.05, 0) is 18.2 Å². The summed E-state index contributed by atoms with van der Waals surface area (Å²) in [5.41, 5.74) is 8.67. The number of fused-ring (bicyclic) bond motifs is 1. The van der Waals surface area contributed by atoms with E-state index in [1.54, 1.807) is 19.4 Å². The predicted molar refractivity (Wildman–Crippen MR) is 73.7 cm³/mol. The molecule has 2 heterocycles. The molecule has 0 bridgehead atoms. The third-order valence-electron chi connectivity index (χ3n) is 2.89. The van der Waals surface area contributed by atoms with Gasteiger partial charge in [0.15, 0.2) is 0 Å². The second kappa shape index (κ2) is 4.53. The molecule has 0 spiro atoms. The molecule has 3 aromatic rings. The van der Waals surface area contributed by atoms with E-state index in [1.807, 2.05) is 30.3 Å². The van der Waals surface area contributed by atoms with Crippen LogP contribution in [0.1, 0.15) is 0 Å². The fourth-order valence-electron chi connectivity index (χ4n) is 1.97. The van der Waals surface area contributed by atoms with Gasteiger partial charge in [0.2, 0.25) is 5.88 Å². The van der Waals surface area contributed by atoms with Crippen molar-refractivity contribution in [1.82, 2.24) is 15.2 Å². The Bertz CT molecular complexity index is 742. The summed E-state index contributed by atoms with van der Waals surface area (Å²) in [5.74, 6) is 0.492. The van der Waals surface area contributed by atoms with Gasteiger partial charge in [-0.3, -0.25) is 0 Å². The molecule has 0 fully saturated rings. The molecule has 0 radical (unpaired) electrons. The minimum absolute atomic E-state index is 0.492. The quantitative estimate of drug-likeness (QED) is 0.757. The summed E-state index contributed by atoms with van der Waals surface area (Å²) in [6, 6.07) is 11.5. The van der Waals surface area contributed by atoms with E-state index in [4.69, 9.17) is 10.5 Å². The summed E-state index contributed by atoms with van der Waals surface area (Å²) in [6.45, 7) is 0. The van der Waals surface area contributed by atoms with E-state index >= 15 is 0 Å². The van der Waals surface area contributed by atoms with Crippen LogP contribution in [-0.2, 0) is 0 Å². The van der Waals surface area contributed by atoms with Crippen molar-refractivity contribution in [3.05, 3.63) is 42.6 Å². The molecule has 0 atom stereocenters. The van der Waals surface area contributed by atoms with Gasteiger partial charge in [-0.1, -0.05) is 18.2 Å². The van der Waals surface area contributed by atoms with E-state index in [9.17, 15) is 0 Å². The Morgan fingerprint density at radius 2 is 2.00 bits per heavy atom. The van der Waals surface area contributed by atoms with Crippen molar-refractivity contribution in [1.29, 1.82) is 0 Å². The summed E-state index contributed by atoms with van der Waals surface area (Å²) in [5, 5.41) is 8.94. The zero-order valence-electron chi connectivity index (χ0n) is 10.4. The highest BCUT2D eigenvalue weighted by atomic mass is 16.5. The Hall–Kier alpha value is -2.69. The van der Waals surface area contributed by atoms with Crippen molar-refractivity contribution in [2.45, 2.75) is 0 Å². The maximum atomic E-state index is 5.93. The lowest BCUT2D eigenvalue weighted by Crippen LogP contribution is -1.99. The fourth-order valence-corrected chi connectivity index (χ4v) is 1.97. The second-order valence-electron chi connectivity index (χ2n) is 4.07. The van der Waals surface area contributed by atoms with Gasteiger partial charge in [0.05, 0.1) is 30.1 Å². The number of anilines is 1. The summed E-state index contributed by atoms with van der Waals surface area (Å²) < 4.78 is 5.33. The molecule has 0 unspecified atom stereocenters. The van der Waals surface area contributed by atoms with Crippen LogP contribution in [0.3, 0.4) is 0 Å². The maximum Gasteiger partial charge on any atom is 0.223 e. The van der Waals surface area contributed by atoms with Crippen molar-refractivity contribution in [3.63, 3.8) is 0 Å². The zero-order chi connectivity index (χ0) is 13.2. The number of hydrogen-bond acceptors (Lipinski definition) is 5. The van der Waals surface area contributed by atoms with Crippen LogP contribution in [0.15, 0.2) is 42.6 Å². The van der Waals surface area contributed by atoms with Crippen molar-refractivity contribution < 1.29 is 4.74 Å². The molecule has 0 aliphatic carbocycles. The Morgan fingerprint density at radius 1 is 1.16 bits per heavy atom. The lowest BCUT2D eigenvalue weighted by Gasteiger charge is -2.09. The van der Waals surface area contributed by atoms with E-state index < -0.39 is 0 Å². The Morgan fingerprint density at radius 3 is 2.79 bits per heavy atom. The standard InChI is InChI=1S/C14H12N4O/c1-19-14-10(13-11(15)6-7-16-18-13)8-9-4-2-3-5-12(9)17-14/h2-8H,1H3,(H2,15,16). The highest BCUT2D eigenvalue weighted by Crippen LogP contribution is 2.32. The smallest absolute Gasteiger partial charge is 0.223 e. The van der Waals surface area contributed by atoms with Crippen molar-refractivity contribution in [2.75, 3.05) is 12.8 Å². The monoisotopic (exact) mass is 252 g/mol. The number of rotatable bonds is 2. The molecule has 0 saturated carbocycles. The van der Waals surface area contributed by atoms with Crippen molar-refractivity contribution in [2.24, 2.45) is 0 Å². The lowest BCUT2D eigenvalue weighted by molar-refractivity contribution is 0.401. The van der Waals surface area contributed by atoms with Crippen molar-refractivity contribution in [3.8, 4) is 17.1 Å². The van der Waals surface area contributed by atoms with E-state index in [0.29, 0.717) is 17.3 Å². The van der Waals surface area contributed by atoms with Gasteiger partial charge in [-0.25, -0.2) is 4.98 Å². The Kier molecular flexibility index (Phi) is 2.72. The number of aromatic nitrogens is 3. The molecule has 2 aromatic heterocycles. The third kappa shape index (κ3) is 1.95. The van der Waals surface area contributed by atoms with E-state index in [0.717, 1.165) is 16.5 Å². The fraction of sp³-hybridized carbons (Fsp3) is 0.0714. The summed E-state index contributed by atoms with van der Waals surface area (Å²) in [4.78, 5) is 4.47. The first kappa shape index (κ1) is 11.4. The highest BCUT2D eigenvalue weighted by molar-refractivity contribution is 5.87. The first-order valence-electron chi connectivity index (χ1n) is 5.81. The molecular formula is C14H12N4O. The summed E-state index contributed by atoms with van der Waals surface area (Å²) >= 11 is 0. The summed E-state index contributed by atoms with van der Waals surface area (Å²) in [7, 11) is 1.58. The predicted octanol–water partition coefficient (Wildman–Crippen LogP) is 2.28. The van der Waals surface area contributed by atoms with Crippen LogP contribution in [0.4, 0.5) is 5.69 Å². The summed E-state index contributed by atoms with van der Waals surface area (Å²) in [6.07, 6.45) is 1.56. The van der Waals surface area contributed by atoms with Gasteiger partial charge in [-0.2, -0.15) is 5.10 Å². The van der Waals surface area contributed by atoms with E-state index in [2.05, 4.69) is 15.2 Å². The van der Waals surface area contributed by atoms with Crippen LogP contribution >= 0.6 is 0 Å². The van der Waals surface area contributed by atoms with Gasteiger partial charge in [0, 0.05) is 5.39 Å². The topological polar surface area (TPSA) is 73.9 Å². The number of methoxy groups -OCH3 is 1. The number of benzene rings is 1. The molecule has 5 heteroatoms. The van der Waals surface area contributed by atoms with Gasteiger partial charge >= 0.3 is 0 Å². The van der Waals surface area contributed by atoms with E-state index in [-0.39, 0.29) is 0 Å². The minimum Gasteiger partial charge on any atom is -0.480 e. The SMILES string of the molecule is COc1nc2ccccc2cc1-c1nnccc1N. The molecule has 5 nitrogen and oxygen atoms in total. The minimum atomic E-state index is 0.492. The first-order chi connectivity index (χ1) is 9.29. The van der Waals surface area contributed by atoms with Gasteiger partial charge in [0.1, 0.15) is 5.69 Å². The highest BCUT2D eigenvalue weighted by Gasteiger charge is 2.13. The average Bonchev–Trinajstić information content (AvgIpc) is 2.46. The molecular weight excluding hydrogens is 240 g/mol. The molecule has 2 N–H and O–H groups in total. The molecule has 19 heavy (non-hydrogen) atoms. The normalized spacial score (nSPS) is 10.6. The largest absolute Gasteiger partial charge is 0.480 e. The number of pyridine rings is 1. The first-order valence-corrected chi connectivity index (χ1v) is 5.81. The van der Waals surface area contributed by atoms with Crippen molar-refractivity contribution >= 4 is 16.6 Å². The van der Waals surface area contributed by atoms with Crippen LogP contribution in [0.2, 0.25) is 0 Å². The van der Waals surface area contributed by atoms with Crippen LogP contribution in [0.5, 0.6) is 5.88 Å². The van der Waals surface area contributed by atoms with Gasteiger partial charge in [0.25, 0.3) is 0 Å². The van der Waals surface area contributed by atoms with E-state index in [1.165, 1.54) is 0 Å². The number of nitrogens with zero attached hydrogens (tertiary/aromatic N) is 3. The number of hydrogen-bond donors (Lipinski definition) is 1. The van der Waals surface area contributed by atoms with Crippen LogP contribution in [-0.4, -0.2) is 22.3 Å². The molecule has 1 aromatic carbocycles. The van der Waals surface area contributed by atoms with Crippen LogP contribution in [0, 0.1) is 0 Å². The van der Waals surface area contributed by atoms with Crippen LogP contribution in [0.25, 0.3) is 22.2 Å².